The molecule has 0 aliphatic rings. The minimum Gasteiger partial charge on any atom is -0.376 e. The molecule has 0 spiro atoms. The maximum atomic E-state index is 12.9. The first-order chi connectivity index (χ1) is 8.02. The van der Waals surface area contributed by atoms with Crippen molar-refractivity contribution in [3.63, 3.8) is 0 Å². The third-order valence-electron chi connectivity index (χ3n) is 3.21. The molecule has 1 rings (SSSR count). The first-order valence-electron chi connectivity index (χ1n) is 5.92. The van der Waals surface area contributed by atoms with Gasteiger partial charge in [-0.15, -0.1) is 0 Å². The van der Waals surface area contributed by atoms with Crippen LogP contribution in [0.1, 0.15) is 45.2 Å². The van der Waals surface area contributed by atoms with Crippen molar-refractivity contribution in [3.05, 3.63) is 35.4 Å². The van der Waals surface area contributed by atoms with Gasteiger partial charge in [0, 0.05) is 0 Å². The second-order valence-corrected chi connectivity index (χ2v) is 5.54. The molecule has 1 N–H and O–H groups in total. The maximum absolute atomic E-state index is 12.9. The van der Waals surface area contributed by atoms with Gasteiger partial charge in [0.15, 0.2) is 5.60 Å². The van der Waals surface area contributed by atoms with Gasteiger partial charge in [-0.1, -0.05) is 52.0 Å². The van der Waals surface area contributed by atoms with Crippen molar-refractivity contribution >= 4 is 0 Å². The van der Waals surface area contributed by atoms with E-state index in [1.54, 1.807) is 12.1 Å². The highest BCUT2D eigenvalue weighted by atomic mass is 19.4. The quantitative estimate of drug-likeness (QED) is 0.847. The molecule has 1 unspecified atom stereocenters. The molecule has 1 aromatic carbocycles. The van der Waals surface area contributed by atoms with Gasteiger partial charge < -0.3 is 5.11 Å². The molecule has 1 aromatic rings. The minimum atomic E-state index is -4.66. The Hall–Kier alpha value is -1.03. The molecule has 0 saturated heterocycles. The van der Waals surface area contributed by atoms with Crippen molar-refractivity contribution in [2.45, 2.75) is 51.3 Å². The lowest BCUT2D eigenvalue weighted by Gasteiger charge is -2.30. The highest BCUT2D eigenvalue weighted by molar-refractivity contribution is 5.31. The summed E-state index contributed by atoms with van der Waals surface area (Å²) in [6.45, 7) is 7.28. The first kappa shape index (κ1) is 15.0. The Bertz CT molecular complexity index is 401. The van der Waals surface area contributed by atoms with Gasteiger partial charge in [-0.2, -0.15) is 13.2 Å². The summed E-state index contributed by atoms with van der Waals surface area (Å²) in [6.07, 6.45) is -5.06. The summed E-state index contributed by atoms with van der Waals surface area (Å²) in [5, 5.41) is 9.80. The van der Waals surface area contributed by atoms with E-state index in [2.05, 4.69) is 0 Å². The standard InChI is InChI=1S/C14H19F3O/c1-5-13(18,14(15,16)17)11-8-6-10(7-9-11)12(2,3)4/h6-9,18H,5H2,1-4H3. The lowest BCUT2D eigenvalue weighted by atomic mass is 9.84. The Kier molecular flexibility index (Phi) is 3.82. The molecular weight excluding hydrogens is 241 g/mol. The van der Waals surface area contributed by atoms with E-state index in [4.69, 9.17) is 0 Å². The average molecular weight is 260 g/mol. The highest BCUT2D eigenvalue weighted by Crippen LogP contribution is 2.41. The lowest BCUT2D eigenvalue weighted by molar-refractivity contribution is -0.267. The van der Waals surface area contributed by atoms with Crippen molar-refractivity contribution in [1.82, 2.24) is 0 Å². The smallest absolute Gasteiger partial charge is 0.376 e. The molecule has 18 heavy (non-hydrogen) atoms. The van der Waals surface area contributed by atoms with E-state index in [1.165, 1.54) is 19.1 Å². The van der Waals surface area contributed by atoms with E-state index in [1.807, 2.05) is 20.8 Å². The molecule has 0 amide bonds. The zero-order valence-corrected chi connectivity index (χ0v) is 11.1. The van der Waals surface area contributed by atoms with E-state index < -0.39 is 18.2 Å². The molecule has 0 radical (unpaired) electrons. The summed E-state index contributed by atoms with van der Waals surface area (Å²) < 4.78 is 38.6. The number of alkyl halides is 3. The summed E-state index contributed by atoms with van der Waals surface area (Å²) in [5.74, 6) is 0. The monoisotopic (exact) mass is 260 g/mol. The van der Waals surface area contributed by atoms with E-state index in [9.17, 15) is 18.3 Å². The molecule has 0 saturated carbocycles. The Morgan fingerprint density at radius 2 is 1.33 bits per heavy atom. The fraction of sp³-hybridized carbons (Fsp3) is 0.571. The van der Waals surface area contributed by atoms with Gasteiger partial charge in [0.1, 0.15) is 0 Å². The summed E-state index contributed by atoms with van der Waals surface area (Å²) in [7, 11) is 0. The van der Waals surface area contributed by atoms with Crippen molar-refractivity contribution < 1.29 is 18.3 Å². The molecule has 1 nitrogen and oxygen atoms in total. The normalized spacial score (nSPS) is 16.4. The zero-order chi connectivity index (χ0) is 14.2. The van der Waals surface area contributed by atoms with Crippen LogP contribution in [0.25, 0.3) is 0 Å². The summed E-state index contributed by atoms with van der Waals surface area (Å²) in [6, 6.07) is 6.00. The predicted molar refractivity (Wildman–Crippen MR) is 65.4 cm³/mol. The third kappa shape index (κ3) is 2.69. The fourth-order valence-electron chi connectivity index (χ4n) is 1.81. The Balaban J connectivity index is 3.19. The van der Waals surface area contributed by atoms with Gasteiger partial charge in [0.05, 0.1) is 0 Å². The van der Waals surface area contributed by atoms with E-state index >= 15 is 0 Å². The molecule has 0 heterocycles. The van der Waals surface area contributed by atoms with Crippen LogP contribution in [0.4, 0.5) is 13.2 Å². The summed E-state index contributed by atoms with van der Waals surface area (Å²) in [5.41, 5.74) is -2.05. The molecule has 4 heteroatoms. The largest absolute Gasteiger partial charge is 0.421 e. The molecule has 0 aliphatic heterocycles. The van der Waals surface area contributed by atoms with Gasteiger partial charge in [-0.3, -0.25) is 0 Å². The highest BCUT2D eigenvalue weighted by Gasteiger charge is 2.53. The van der Waals surface area contributed by atoms with Crippen molar-refractivity contribution in [2.75, 3.05) is 0 Å². The van der Waals surface area contributed by atoms with Crippen LogP contribution in [0.15, 0.2) is 24.3 Å². The molecule has 1 atom stereocenters. The van der Waals surface area contributed by atoms with Gasteiger partial charge in [0.2, 0.25) is 0 Å². The van der Waals surface area contributed by atoms with Crippen LogP contribution in [-0.4, -0.2) is 11.3 Å². The second-order valence-electron chi connectivity index (χ2n) is 5.54. The maximum Gasteiger partial charge on any atom is 0.421 e. The molecule has 0 aromatic heterocycles. The molecule has 0 bridgehead atoms. The van der Waals surface area contributed by atoms with E-state index in [0.29, 0.717) is 0 Å². The first-order valence-corrected chi connectivity index (χ1v) is 5.92. The summed E-state index contributed by atoms with van der Waals surface area (Å²) >= 11 is 0. The topological polar surface area (TPSA) is 20.2 Å². The number of halogens is 3. The minimum absolute atomic E-state index is 0.106. The van der Waals surface area contributed by atoms with Crippen LogP contribution >= 0.6 is 0 Å². The third-order valence-corrected chi connectivity index (χ3v) is 3.21. The van der Waals surface area contributed by atoms with Crippen LogP contribution in [0.2, 0.25) is 0 Å². The van der Waals surface area contributed by atoms with Crippen molar-refractivity contribution in [1.29, 1.82) is 0 Å². The number of hydrogen-bond donors (Lipinski definition) is 1. The van der Waals surface area contributed by atoms with Crippen LogP contribution in [-0.2, 0) is 11.0 Å². The van der Waals surface area contributed by atoms with Gasteiger partial charge in [-0.25, -0.2) is 0 Å². The molecule has 102 valence electrons. The Morgan fingerprint density at radius 3 is 1.61 bits per heavy atom. The predicted octanol–water partition coefficient (Wildman–Crippen LogP) is 4.14. The van der Waals surface area contributed by atoms with Crippen LogP contribution < -0.4 is 0 Å². The zero-order valence-electron chi connectivity index (χ0n) is 11.1. The Labute approximate surface area is 106 Å². The van der Waals surface area contributed by atoms with Gasteiger partial charge in [-0.05, 0) is 23.0 Å². The SMILES string of the molecule is CCC(O)(c1ccc(C(C)(C)C)cc1)C(F)(F)F. The Morgan fingerprint density at radius 1 is 0.944 bits per heavy atom. The van der Waals surface area contributed by atoms with Gasteiger partial charge >= 0.3 is 6.18 Å². The van der Waals surface area contributed by atoms with Crippen LogP contribution in [0.5, 0.6) is 0 Å². The van der Waals surface area contributed by atoms with Gasteiger partial charge in [0.25, 0.3) is 0 Å². The van der Waals surface area contributed by atoms with Crippen molar-refractivity contribution in [2.24, 2.45) is 0 Å². The second kappa shape index (κ2) is 4.57. The van der Waals surface area contributed by atoms with Crippen LogP contribution in [0.3, 0.4) is 0 Å². The average Bonchev–Trinajstić information content (AvgIpc) is 2.25. The number of benzene rings is 1. The van der Waals surface area contributed by atoms with Crippen molar-refractivity contribution in [3.8, 4) is 0 Å². The molecule has 0 fully saturated rings. The molecule has 0 aliphatic carbocycles. The lowest BCUT2D eigenvalue weighted by Crippen LogP contribution is -2.41. The van der Waals surface area contributed by atoms with E-state index in [0.717, 1.165) is 5.56 Å². The van der Waals surface area contributed by atoms with Crippen LogP contribution in [0, 0.1) is 0 Å². The number of hydrogen-bond acceptors (Lipinski definition) is 1. The summed E-state index contributed by atoms with van der Waals surface area (Å²) in [4.78, 5) is 0. The fourth-order valence-corrected chi connectivity index (χ4v) is 1.81. The molecular formula is C14H19F3O. The number of rotatable bonds is 2. The number of aliphatic hydroxyl groups is 1. The van der Waals surface area contributed by atoms with E-state index in [-0.39, 0.29) is 11.0 Å².